The lowest BCUT2D eigenvalue weighted by Gasteiger charge is -2.18. The Morgan fingerprint density at radius 1 is 1.03 bits per heavy atom. The maximum Gasteiger partial charge on any atom is 0.312 e. The minimum Gasteiger partial charge on any atom is -0.352 e. The number of pyridine rings is 1. The Kier molecular flexibility index (Phi) is 7.19. The number of urea groups is 1. The zero-order chi connectivity index (χ0) is 21.3. The molecule has 0 aliphatic heterocycles. The number of hydrogen-bond acceptors (Lipinski definition) is 3. The van der Waals surface area contributed by atoms with Gasteiger partial charge in [-0.2, -0.15) is 0 Å². The van der Waals surface area contributed by atoms with Crippen molar-refractivity contribution in [2.75, 3.05) is 5.32 Å². The molecule has 2 aromatic carbocycles. The van der Waals surface area contributed by atoms with Crippen molar-refractivity contribution in [2.24, 2.45) is 5.73 Å². The highest BCUT2D eigenvalue weighted by Gasteiger charge is 2.17. The molecule has 30 heavy (non-hydrogen) atoms. The summed E-state index contributed by atoms with van der Waals surface area (Å²) in [6.07, 6.45) is 5.57. The molecule has 0 fully saturated rings. The Labute approximate surface area is 179 Å². The monoisotopic (exact) mass is 420 g/mol. The van der Waals surface area contributed by atoms with E-state index < -0.39 is 12.1 Å². The van der Waals surface area contributed by atoms with Crippen LogP contribution in [0.5, 0.6) is 0 Å². The van der Waals surface area contributed by atoms with Gasteiger partial charge in [-0.1, -0.05) is 48.0 Å². The lowest BCUT2D eigenvalue weighted by Crippen LogP contribution is -2.35. The van der Waals surface area contributed by atoms with Crippen LogP contribution in [-0.4, -0.2) is 16.9 Å². The van der Waals surface area contributed by atoms with Gasteiger partial charge in [-0.15, -0.1) is 0 Å². The second kappa shape index (κ2) is 10.2. The van der Waals surface area contributed by atoms with Gasteiger partial charge in [-0.3, -0.25) is 9.78 Å². The molecule has 0 bridgehead atoms. The van der Waals surface area contributed by atoms with Crippen LogP contribution in [0.4, 0.5) is 10.5 Å². The zero-order valence-corrected chi connectivity index (χ0v) is 16.8. The van der Waals surface area contributed by atoms with Crippen LogP contribution in [0.1, 0.15) is 29.3 Å². The number of primary amides is 1. The summed E-state index contributed by atoms with van der Waals surface area (Å²) in [6.45, 7) is 0. The Morgan fingerprint density at radius 2 is 1.83 bits per heavy atom. The Morgan fingerprint density at radius 3 is 2.53 bits per heavy atom. The summed E-state index contributed by atoms with van der Waals surface area (Å²) >= 11 is 5.91. The van der Waals surface area contributed by atoms with Gasteiger partial charge in [0.15, 0.2) is 0 Å². The number of amides is 3. The predicted molar refractivity (Wildman–Crippen MR) is 120 cm³/mol. The second-order valence-corrected chi connectivity index (χ2v) is 7.01. The van der Waals surface area contributed by atoms with E-state index in [1.807, 2.05) is 48.6 Å². The van der Waals surface area contributed by atoms with Crippen LogP contribution in [0, 0.1) is 0 Å². The SMILES string of the molecule is NC(=O)N[C@@H](CC(=O)Nc1cccc(/C=C/c2ccccn2)c1)c1ccc(Cl)cc1. The number of rotatable bonds is 7. The van der Waals surface area contributed by atoms with Crippen molar-refractivity contribution in [3.63, 3.8) is 0 Å². The summed E-state index contributed by atoms with van der Waals surface area (Å²) in [4.78, 5) is 28.2. The smallest absolute Gasteiger partial charge is 0.312 e. The number of benzene rings is 2. The van der Waals surface area contributed by atoms with Crippen LogP contribution in [0.3, 0.4) is 0 Å². The molecule has 152 valence electrons. The number of anilines is 1. The average molecular weight is 421 g/mol. The minimum absolute atomic E-state index is 0.0264. The lowest BCUT2D eigenvalue weighted by atomic mass is 10.0. The first-order valence-electron chi connectivity index (χ1n) is 9.30. The molecule has 0 aliphatic rings. The Bertz CT molecular complexity index is 1040. The van der Waals surface area contributed by atoms with Crippen molar-refractivity contribution < 1.29 is 9.59 Å². The van der Waals surface area contributed by atoms with Crippen LogP contribution in [0.2, 0.25) is 5.02 Å². The number of carbonyl (C=O) groups excluding carboxylic acids is 2. The number of nitrogens with zero attached hydrogens (tertiary/aromatic N) is 1. The van der Waals surface area contributed by atoms with Gasteiger partial charge in [0.2, 0.25) is 5.91 Å². The van der Waals surface area contributed by atoms with Gasteiger partial charge in [-0.25, -0.2) is 4.79 Å². The van der Waals surface area contributed by atoms with E-state index in [9.17, 15) is 9.59 Å². The van der Waals surface area contributed by atoms with E-state index in [0.717, 1.165) is 16.8 Å². The number of carbonyl (C=O) groups is 2. The topological polar surface area (TPSA) is 97.1 Å². The molecule has 0 aliphatic carbocycles. The molecule has 0 radical (unpaired) electrons. The standard InChI is InChI=1S/C23H21ClN4O2/c24-18-10-8-17(9-11-18)21(28-23(25)30)15-22(29)27-20-6-3-4-16(14-20)7-12-19-5-1-2-13-26-19/h1-14,21H,15H2,(H,27,29)(H3,25,28,30)/b12-7+/t21-/m0/s1. The number of aromatic nitrogens is 1. The van der Waals surface area contributed by atoms with Crippen molar-refractivity contribution in [3.05, 3.63) is 94.8 Å². The van der Waals surface area contributed by atoms with Crippen molar-refractivity contribution in [1.82, 2.24) is 10.3 Å². The third kappa shape index (κ3) is 6.46. The molecular weight excluding hydrogens is 400 g/mol. The number of nitrogens with two attached hydrogens (primary N) is 1. The van der Waals surface area contributed by atoms with E-state index in [0.29, 0.717) is 10.7 Å². The Balaban J connectivity index is 1.67. The molecule has 3 amide bonds. The molecular formula is C23H21ClN4O2. The summed E-state index contributed by atoms with van der Waals surface area (Å²) in [7, 11) is 0. The van der Waals surface area contributed by atoms with Gasteiger partial charge < -0.3 is 16.4 Å². The molecule has 0 saturated carbocycles. The molecule has 3 rings (SSSR count). The number of halogens is 1. The molecule has 0 saturated heterocycles. The number of hydrogen-bond donors (Lipinski definition) is 3. The summed E-state index contributed by atoms with van der Waals surface area (Å²) in [5.41, 5.74) is 8.42. The van der Waals surface area contributed by atoms with Crippen molar-refractivity contribution in [3.8, 4) is 0 Å². The van der Waals surface area contributed by atoms with Crippen molar-refractivity contribution in [2.45, 2.75) is 12.5 Å². The fourth-order valence-corrected chi connectivity index (χ4v) is 3.02. The van der Waals surface area contributed by atoms with Gasteiger partial charge in [0.1, 0.15) is 0 Å². The van der Waals surface area contributed by atoms with E-state index in [4.69, 9.17) is 17.3 Å². The third-order valence-electron chi connectivity index (χ3n) is 4.28. The van der Waals surface area contributed by atoms with Gasteiger partial charge in [0, 0.05) is 16.9 Å². The summed E-state index contributed by atoms with van der Waals surface area (Å²) in [6, 6.07) is 18.7. The fraction of sp³-hybridized carbons (Fsp3) is 0.0870. The molecule has 6 nitrogen and oxygen atoms in total. The van der Waals surface area contributed by atoms with Crippen LogP contribution in [0.25, 0.3) is 12.2 Å². The second-order valence-electron chi connectivity index (χ2n) is 6.58. The molecule has 0 unspecified atom stereocenters. The van der Waals surface area contributed by atoms with E-state index in [1.165, 1.54) is 0 Å². The van der Waals surface area contributed by atoms with E-state index in [2.05, 4.69) is 15.6 Å². The molecule has 1 aromatic heterocycles. The fourth-order valence-electron chi connectivity index (χ4n) is 2.89. The zero-order valence-electron chi connectivity index (χ0n) is 16.1. The summed E-state index contributed by atoms with van der Waals surface area (Å²) in [5.74, 6) is -0.255. The minimum atomic E-state index is -0.704. The van der Waals surface area contributed by atoms with Gasteiger partial charge in [0.25, 0.3) is 0 Å². The van der Waals surface area contributed by atoms with E-state index in [1.54, 1.807) is 36.5 Å². The first kappa shape index (κ1) is 21.1. The molecule has 7 heteroatoms. The van der Waals surface area contributed by atoms with Crippen molar-refractivity contribution in [1.29, 1.82) is 0 Å². The highest BCUT2D eigenvalue weighted by atomic mass is 35.5. The van der Waals surface area contributed by atoms with E-state index in [-0.39, 0.29) is 12.3 Å². The van der Waals surface area contributed by atoms with Crippen LogP contribution >= 0.6 is 11.6 Å². The van der Waals surface area contributed by atoms with Gasteiger partial charge >= 0.3 is 6.03 Å². The molecule has 1 heterocycles. The first-order valence-corrected chi connectivity index (χ1v) is 9.68. The van der Waals surface area contributed by atoms with Gasteiger partial charge in [-0.05, 0) is 53.6 Å². The highest BCUT2D eigenvalue weighted by molar-refractivity contribution is 6.30. The third-order valence-corrected chi connectivity index (χ3v) is 4.54. The maximum absolute atomic E-state index is 12.6. The Hall–Kier alpha value is -3.64. The van der Waals surface area contributed by atoms with Crippen LogP contribution in [0.15, 0.2) is 72.9 Å². The summed E-state index contributed by atoms with van der Waals surface area (Å²) < 4.78 is 0. The van der Waals surface area contributed by atoms with Crippen LogP contribution < -0.4 is 16.4 Å². The quantitative estimate of drug-likeness (QED) is 0.519. The number of nitrogens with one attached hydrogen (secondary N) is 2. The predicted octanol–water partition coefficient (Wildman–Crippen LogP) is 4.64. The molecule has 4 N–H and O–H groups in total. The molecule has 0 spiro atoms. The average Bonchev–Trinajstić information content (AvgIpc) is 2.73. The maximum atomic E-state index is 12.6. The highest BCUT2D eigenvalue weighted by Crippen LogP contribution is 2.21. The largest absolute Gasteiger partial charge is 0.352 e. The van der Waals surface area contributed by atoms with Crippen LogP contribution in [-0.2, 0) is 4.79 Å². The molecule has 3 aromatic rings. The van der Waals surface area contributed by atoms with Gasteiger partial charge in [0.05, 0.1) is 18.2 Å². The lowest BCUT2D eigenvalue weighted by molar-refractivity contribution is -0.116. The first-order chi connectivity index (χ1) is 14.5. The molecule has 1 atom stereocenters. The van der Waals surface area contributed by atoms with E-state index >= 15 is 0 Å². The summed E-state index contributed by atoms with van der Waals surface area (Å²) in [5, 5.41) is 6.02. The normalized spacial score (nSPS) is 11.8. The van der Waals surface area contributed by atoms with Crippen molar-refractivity contribution >= 4 is 41.4 Å².